The SMILES string of the molecule is Cc1ccoc1C(=O)NCC1CCCN(CC=Cc2ccco2)C1. The molecule has 0 spiro atoms. The van der Waals surface area contributed by atoms with Crippen LogP contribution in [0.1, 0.15) is 34.7 Å². The molecule has 0 radical (unpaired) electrons. The second kappa shape index (κ2) is 8.02. The first-order valence-electron chi connectivity index (χ1n) is 8.47. The average Bonchev–Trinajstić information content (AvgIpc) is 3.25. The van der Waals surface area contributed by atoms with E-state index in [-0.39, 0.29) is 5.91 Å². The van der Waals surface area contributed by atoms with Crippen molar-refractivity contribution >= 4 is 12.0 Å². The smallest absolute Gasteiger partial charge is 0.287 e. The lowest BCUT2D eigenvalue weighted by molar-refractivity contribution is 0.0906. The monoisotopic (exact) mass is 328 g/mol. The second-order valence-electron chi connectivity index (χ2n) is 6.33. The molecule has 0 aromatic carbocycles. The maximum absolute atomic E-state index is 12.1. The Morgan fingerprint density at radius 1 is 1.38 bits per heavy atom. The van der Waals surface area contributed by atoms with Crippen LogP contribution in [0.15, 0.2) is 45.6 Å². The number of aryl methyl sites for hydroxylation is 1. The van der Waals surface area contributed by atoms with E-state index in [0.29, 0.717) is 18.2 Å². The van der Waals surface area contributed by atoms with Crippen molar-refractivity contribution in [2.75, 3.05) is 26.2 Å². The van der Waals surface area contributed by atoms with Crippen LogP contribution in [-0.4, -0.2) is 37.0 Å². The molecule has 24 heavy (non-hydrogen) atoms. The lowest BCUT2D eigenvalue weighted by atomic mass is 9.98. The summed E-state index contributed by atoms with van der Waals surface area (Å²) in [6, 6.07) is 5.64. The number of likely N-dealkylation sites (tertiary alicyclic amines) is 1. The van der Waals surface area contributed by atoms with E-state index in [9.17, 15) is 4.79 Å². The summed E-state index contributed by atoms with van der Waals surface area (Å²) < 4.78 is 10.5. The largest absolute Gasteiger partial charge is 0.465 e. The van der Waals surface area contributed by atoms with Gasteiger partial charge in [-0.1, -0.05) is 6.08 Å². The number of nitrogens with one attached hydrogen (secondary N) is 1. The van der Waals surface area contributed by atoms with E-state index in [2.05, 4.69) is 16.3 Å². The minimum Gasteiger partial charge on any atom is -0.465 e. The molecule has 2 aromatic rings. The normalized spacial score (nSPS) is 19.0. The van der Waals surface area contributed by atoms with E-state index < -0.39 is 0 Å². The van der Waals surface area contributed by atoms with Crippen LogP contribution < -0.4 is 5.32 Å². The molecule has 5 heteroatoms. The first-order valence-corrected chi connectivity index (χ1v) is 8.47. The predicted octanol–water partition coefficient (Wildman–Crippen LogP) is 3.34. The molecule has 1 aliphatic rings. The van der Waals surface area contributed by atoms with E-state index in [1.54, 1.807) is 12.5 Å². The van der Waals surface area contributed by atoms with Gasteiger partial charge in [0.25, 0.3) is 5.91 Å². The van der Waals surface area contributed by atoms with Gasteiger partial charge in [0.05, 0.1) is 12.5 Å². The van der Waals surface area contributed by atoms with E-state index >= 15 is 0 Å². The van der Waals surface area contributed by atoms with E-state index in [4.69, 9.17) is 8.83 Å². The Morgan fingerprint density at radius 2 is 2.29 bits per heavy atom. The second-order valence-corrected chi connectivity index (χ2v) is 6.33. The maximum atomic E-state index is 12.1. The topological polar surface area (TPSA) is 58.6 Å². The zero-order valence-electron chi connectivity index (χ0n) is 14.0. The molecule has 1 N–H and O–H groups in total. The van der Waals surface area contributed by atoms with Gasteiger partial charge < -0.3 is 14.2 Å². The Balaban J connectivity index is 1.43. The fourth-order valence-corrected chi connectivity index (χ4v) is 3.11. The highest BCUT2D eigenvalue weighted by Crippen LogP contribution is 2.16. The molecule has 2 aromatic heterocycles. The van der Waals surface area contributed by atoms with Gasteiger partial charge >= 0.3 is 0 Å². The van der Waals surface area contributed by atoms with Crippen LogP contribution in [0.3, 0.4) is 0 Å². The molecule has 3 rings (SSSR count). The van der Waals surface area contributed by atoms with Crippen LogP contribution in [0.5, 0.6) is 0 Å². The average molecular weight is 328 g/mol. The number of hydrogen-bond acceptors (Lipinski definition) is 4. The van der Waals surface area contributed by atoms with Gasteiger partial charge in [0.1, 0.15) is 5.76 Å². The Kier molecular flexibility index (Phi) is 5.54. The summed E-state index contributed by atoms with van der Waals surface area (Å²) >= 11 is 0. The minimum absolute atomic E-state index is 0.118. The molecule has 1 saturated heterocycles. The van der Waals surface area contributed by atoms with Gasteiger partial charge in [0.15, 0.2) is 5.76 Å². The van der Waals surface area contributed by atoms with E-state index in [1.165, 1.54) is 0 Å². The molecule has 1 unspecified atom stereocenters. The maximum Gasteiger partial charge on any atom is 0.287 e. The van der Waals surface area contributed by atoms with Crippen LogP contribution in [-0.2, 0) is 0 Å². The molecule has 0 saturated carbocycles. The molecule has 1 aliphatic heterocycles. The molecule has 0 aliphatic carbocycles. The number of piperidine rings is 1. The highest BCUT2D eigenvalue weighted by atomic mass is 16.3. The van der Waals surface area contributed by atoms with E-state index in [0.717, 1.165) is 43.8 Å². The highest BCUT2D eigenvalue weighted by Gasteiger charge is 2.20. The zero-order chi connectivity index (χ0) is 16.8. The van der Waals surface area contributed by atoms with Crippen LogP contribution in [0.2, 0.25) is 0 Å². The van der Waals surface area contributed by atoms with Gasteiger partial charge in [0, 0.05) is 25.2 Å². The Labute approximate surface area is 142 Å². The molecule has 0 bridgehead atoms. The van der Waals surface area contributed by atoms with Crippen molar-refractivity contribution in [1.82, 2.24) is 10.2 Å². The first-order chi connectivity index (χ1) is 11.7. The third kappa shape index (κ3) is 4.38. The van der Waals surface area contributed by atoms with Gasteiger partial charge in [-0.3, -0.25) is 9.69 Å². The Hall–Kier alpha value is -2.27. The minimum atomic E-state index is -0.118. The number of hydrogen-bond donors (Lipinski definition) is 1. The van der Waals surface area contributed by atoms with Gasteiger partial charge in [-0.25, -0.2) is 0 Å². The van der Waals surface area contributed by atoms with Crippen molar-refractivity contribution in [3.63, 3.8) is 0 Å². The summed E-state index contributed by atoms with van der Waals surface area (Å²) in [4.78, 5) is 14.5. The number of nitrogens with zero attached hydrogens (tertiary/aromatic N) is 1. The van der Waals surface area contributed by atoms with Gasteiger partial charge in [-0.2, -0.15) is 0 Å². The van der Waals surface area contributed by atoms with Gasteiger partial charge in [-0.05, 0) is 56.5 Å². The lowest BCUT2D eigenvalue weighted by Crippen LogP contribution is -2.41. The third-order valence-electron chi connectivity index (χ3n) is 4.41. The molecular formula is C19H24N2O3. The molecular weight excluding hydrogens is 304 g/mol. The van der Waals surface area contributed by atoms with Crippen molar-refractivity contribution in [3.8, 4) is 0 Å². The van der Waals surface area contributed by atoms with Crippen LogP contribution in [0, 0.1) is 12.8 Å². The van der Waals surface area contributed by atoms with Gasteiger partial charge in [0.2, 0.25) is 0 Å². The summed E-state index contributed by atoms with van der Waals surface area (Å²) in [5.41, 5.74) is 0.876. The zero-order valence-corrected chi connectivity index (χ0v) is 14.0. The molecule has 3 heterocycles. The van der Waals surface area contributed by atoms with E-state index in [1.807, 2.05) is 31.2 Å². The number of carbonyl (C=O) groups excluding carboxylic acids is 1. The van der Waals surface area contributed by atoms with Crippen LogP contribution in [0.4, 0.5) is 0 Å². The van der Waals surface area contributed by atoms with Crippen molar-refractivity contribution in [3.05, 3.63) is 53.9 Å². The fraction of sp³-hybridized carbons (Fsp3) is 0.421. The summed E-state index contributed by atoms with van der Waals surface area (Å²) in [6.45, 7) is 5.58. The number of carbonyl (C=O) groups is 1. The Bertz CT molecular complexity index is 673. The molecule has 1 atom stereocenters. The van der Waals surface area contributed by atoms with Crippen LogP contribution >= 0.6 is 0 Å². The summed E-state index contributed by atoms with van der Waals surface area (Å²) in [7, 11) is 0. The molecule has 5 nitrogen and oxygen atoms in total. The van der Waals surface area contributed by atoms with Crippen molar-refractivity contribution in [1.29, 1.82) is 0 Å². The van der Waals surface area contributed by atoms with Crippen molar-refractivity contribution in [2.24, 2.45) is 5.92 Å². The van der Waals surface area contributed by atoms with Gasteiger partial charge in [-0.15, -0.1) is 0 Å². The number of rotatable bonds is 6. The standard InChI is InChI=1S/C19H24N2O3/c1-15-8-12-24-18(15)19(22)20-13-16-5-2-9-21(14-16)10-3-6-17-7-4-11-23-17/h3-4,6-8,11-12,16H,2,5,9-10,13-14H2,1H3,(H,20,22). The van der Waals surface area contributed by atoms with Crippen molar-refractivity contribution in [2.45, 2.75) is 19.8 Å². The fourth-order valence-electron chi connectivity index (χ4n) is 3.11. The first kappa shape index (κ1) is 16.6. The summed E-state index contributed by atoms with van der Waals surface area (Å²) in [6.07, 6.45) is 9.68. The predicted molar refractivity (Wildman–Crippen MR) is 92.7 cm³/mol. The summed E-state index contributed by atoms with van der Waals surface area (Å²) in [5.74, 6) is 1.66. The lowest BCUT2D eigenvalue weighted by Gasteiger charge is -2.32. The quantitative estimate of drug-likeness (QED) is 0.883. The number of furan rings is 2. The van der Waals surface area contributed by atoms with Crippen LogP contribution in [0.25, 0.3) is 6.08 Å². The third-order valence-corrected chi connectivity index (χ3v) is 4.41. The highest BCUT2D eigenvalue weighted by molar-refractivity contribution is 5.92. The molecule has 1 amide bonds. The Morgan fingerprint density at radius 3 is 3.04 bits per heavy atom. The number of amides is 1. The molecule has 128 valence electrons. The molecule has 1 fully saturated rings. The summed E-state index contributed by atoms with van der Waals surface area (Å²) in [5, 5.41) is 3.00. The van der Waals surface area contributed by atoms with Crippen molar-refractivity contribution < 1.29 is 13.6 Å².